The van der Waals surface area contributed by atoms with E-state index in [1.54, 1.807) is 31.4 Å². The first-order valence-electron chi connectivity index (χ1n) is 8.80. The molecule has 0 radical (unpaired) electrons. The van der Waals surface area contributed by atoms with E-state index in [0.717, 1.165) is 0 Å². The van der Waals surface area contributed by atoms with Gasteiger partial charge in [0.05, 0.1) is 19.1 Å². The molecule has 0 fully saturated rings. The highest BCUT2D eigenvalue weighted by atomic mass is 16.5. The van der Waals surface area contributed by atoms with Gasteiger partial charge in [-0.3, -0.25) is 14.4 Å². The van der Waals surface area contributed by atoms with Gasteiger partial charge < -0.3 is 24.6 Å². The Labute approximate surface area is 166 Å². The van der Waals surface area contributed by atoms with Gasteiger partial charge in [-0.15, -0.1) is 0 Å². The number of para-hydroxylation sites is 1. The molecule has 150 valence electrons. The summed E-state index contributed by atoms with van der Waals surface area (Å²) in [5.41, 5.74) is 1.10. The molecular formula is C21H19NO7. The molecule has 2 aromatic carbocycles. The molecule has 1 aliphatic rings. The molecule has 1 amide bonds. The van der Waals surface area contributed by atoms with Crippen LogP contribution in [0.1, 0.15) is 22.3 Å². The quantitative estimate of drug-likeness (QED) is 0.658. The topological polar surface area (TPSA) is 111 Å². The summed E-state index contributed by atoms with van der Waals surface area (Å²) in [6, 6.07) is 11.9. The van der Waals surface area contributed by atoms with Gasteiger partial charge in [0.15, 0.2) is 12.4 Å². The summed E-state index contributed by atoms with van der Waals surface area (Å²) in [6.45, 7) is -0.257. The maximum atomic E-state index is 12.6. The van der Waals surface area contributed by atoms with E-state index in [1.807, 2.05) is 18.2 Å². The largest absolute Gasteiger partial charge is 0.496 e. The lowest BCUT2D eigenvalue weighted by molar-refractivity contribution is -0.137. The number of carboxylic acids is 1. The van der Waals surface area contributed by atoms with E-state index in [1.165, 1.54) is 6.07 Å². The smallest absolute Gasteiger partial charge is 0.305 e. The number of ether oxygens (including phenoxy) is 3. The molecule has 0 saturated carbocycles. The third-order valence-corrected chi connectivity index (χ3v) is 4.10. The lowest BCUT2D eigenvalue weighted by Gasteiger charge is -2.07. The van der Waals surface area contributed by atoms with E-state index in [-0.39, 0.29) is 31.1 Å². The molecule has 0 spiro atoms. The zero-order chi connectivity index (χ0) is 20.8. The summed E-state index contributed by atoms with van der Waals surface area (Å²) in [5, 5.41) is 11.0. The van der Waals surface area contributed by atoms with Crippen LogP contribution in [0.4, 0.5) is 0 Å². The number of hydrogen-bond acceptors (Lipinski definition) is 6. The van der Waals surface area contributed by atoms with Gasteiger partial charge in [0.2, 0.25) is 5.78 Å². The fraction of sp³-hybridized carbons (Fsp3) is 0.190. The molecule has 0 aliphatic carbocycles. The van der Waals surface area contributed by atoms with Crippen molar-refractivity contribution in [3.63, 3.8) is 0 Å². The number of carbonyl (C=O) groups is 3. The Balaban J connectivity index is 1.66. The van der Waals surface area contributed by atoms with Crippen molar-refractivity contribution in [1.82, 2.24) is 5.32 Å². The van der Waals surface area contributed by atoms with Crippen LogP contribution in [0, 0.1) is 0 Å². The minimum Gasteiger partial charge on any atom is -0.496 e. The molecule has 2 N–H and O–H groups in total. The van der Waals surface area contributed by atoms with Crippen LogP contribution in [0.2, 0.25) is 0 Å². The fourth-order valence-corrected chi connectivity index (χ4v) is 2.69. The first-order chi connectivity index (χ1) is 14.0. The maximum Gasteiger partial charge on any atom is 0.305 e. The highest BCUT2D eigenvalue weighted by molar-refractivity contribution is 6.14. The second-order valence-electron chi connectivity index (χ2n) is 6.12. The van der Waals surface area contributed by atoms with Gasteiger partial charge in [-0.1, -0.05) is 18.2 Å². The lowest BCUT2D eigenvalue weighted by atomic mass is 10.1. The van der Waals surface area contributed by atoms with Crippen molar-refractivity contribution in [1.29, 1.82) is 0 Å². The van der Waals surface area contributed by atoms with Crippen LogP contribution in [0.5, 0.6) is 17.2 Å². The standard InChI is InChI=1S/C21H19NO7/c1-27-16-5-3-2-4-13(16)10-18-21(26)15-7-6-14(11-17(15)29-18)28-12-19(23)22-9-8-20(24)25/h2-7,10-11H,8-9,12H2,1H3,(H,22,23)(H,24,25). The third-order valence-electron chi connectivity index (χ3n) is 4.10. The van der Waals surface area contributed by atoms with Crippen LogP contribution >= 0.6 is 0 Å². The van der Waals surface area contributed by atoms with Crippen molar-refractivity contribution in [3.8, 4) is 17.2 Å². The lowest BCUT2D eigenvalue weighted by Crippen LogP contribution is -2.30. The molecule has 0 atom stereocenters. The van der Waals surface area contributed by atoms with Crippen molar-refractivity contribution < 1.29 is 33.7 Å². The average molecular weight is 397 g/mol. The summed E-state index contributed by atoms with van der Waals surface area (Å²) >= 11 is 0. The molecule has 0 bridgehead atoms. The van der Waals surface area contributed by atoms with Gasteiger partial charge >= 0.3 is 5.97 Å². The monoisotopic (exact) mass is 397 g/mol. The molecule has 8 heteroatoms. The zero-order valence-corrected chi connectivity index (χ0v) is 15.6. The Morgan fingerprint density at radius 3 is 2.76 bits per heavy atom. The number of aliphatic carboxylic acids is 1. The number of carbonyl (C=O) groups excluding carboxylic acids is 2. The van der Waals surface area contributed by atoms with Gasteiger partial charge in [-0.05, 0) is 24.3 Å². The van der Waals surface area contributed by atoms with Crippen LogP contribution < -0.4 is 19.5 Å². The van der Waals surface area contributed by atoms with E-state index >= 15 is 0 Å². The van der Waals surface area contributed by atoms with E-state index < -0.39 is 11.9 Å². The van der Waals surface area contributed by atoms with E-state index in [2.05, 4.69) is 5.32 Å². The number of hydrogen-bond donors (Lipinski definition) is 2. The minimum atomic E-state index is -0.997. The molecule has 0 saturated heterocycles. The number of nitrogens with one attached hydrogen (secondary N) is 1. The molecule has 0 aromatic heterocycles. The van der Waals surface area contributed by atoms with Gasteiger partial charge in [0.1, 0.15) is 17.2 Å². The number of amides is 1. The highest BCUT2D eigenvalue weighted by Gasteiger charge is 2.28. The molecule has 1 heterocycles. The predicted molar refractivity (Wildman–Crippen MR) is 103 cm³/mol. The number of Topliss-reactive ketones (excluding diaryl/α,β-unsaturated/α-hetero) is 1. The van der Waals surface area contributed by atoms with Gasteiger partial charge in [-0.2, -0.15) is 0 Å². The predicted octanol–water partition coefficient (Wildman–Crippen LogP) is 2.28. The molecule has 8 nitrogen and oxygen atoms in total. The SMILES string of the molecule is COc1ccccc1C=C1Oc2cc(OCC(=O)NCCC(=O)O)ccc2C1=O. The second-order valence-corrected chi connectivity index (χ2v) is 6.12. The summed E-state index contributed by atoms with van der Waals surface area (Å²) < 4.78 is 16.3. The molecule has 0 unspecified atom stereocenters. The number of benzene rings is 2. The maximum absolute atomic E-state index is 12.6. The van der Waals surface area contributed by atoms with Crippen molar-refractivity contribution >= 4 is 23.7 Å². The molecule has 29 heavy (non-hydrogen) atoms. The van der Waals surface area contributed by atoms with Crippen molar-refractivity contribution in [2.75, 3.05) is 20.3 Å². The molecule has 2 aromatic rings. The first kappa shape index (κ1) is 19.9. The second kappa shape index (κ2) is 8.92. The van der Waals surface area contributed by atoms with Crippen LogP contribution in [-0.4, -0.2) is 43.0 Å². The minimum absolute atomic E-state index is 0.0242. The fourth-order valence-electron chi connectivity index (χ4n) is 2.69. The first-order valence-corrected chi connectivity index (χ1v) is 8.80. The summed E-state index contributed by atoms with van der Waals surface area (Å²) in [7, 11) is 1.55. The van der Waals surface area contributed by atoms with E-state index in [4.69, 9.17) is 19.3 Å². The van der Waals surface area contributed by atoms with Gasteiger partial charge in [-0.25, -0.2) is 0 Å². The Morgan fingerprint density at radius 2 is 2.00 bits per heavy atom. The number of rotatable bonds is 8. The molecule has 1 aliphatic heterocycles. The molecular weight excluding hydrogens is 378 g/mol. The number of ketones is 1. The summed E-state index contributed by atoms with van der Waals surface area (Å²) in [4.78, 5) is 34.7. The van der Waals surface area contributed by atoms with Crippen LogP contribution in [0.15, 0.2) is 48.2 Å². The third kappa shape index (κ3) is 4.92. The highest BCUT2D eigenvalue weighted by Crippen LogP contribution is 2.35. The van der Waals surface area contributed by atoms with Crippen LogP contribution in [0.25, 0.3) is 6.08 Å². The zero-order valence-electron chi connectivity index (χ0n) is 15.6. The number of carboxylic acid groups (broad SMARTS) is 1. The Bertz CT molecular complexity index is 981. The Kier molecular flexibility index (Phi) is 6.13. The average Bonchev–Trinajstić information content (AvgIpc) is 3.01. The number of allylic oxidation sites excluding steroid dienone is 1. The number of methoxy groups -OCH3 is 1. The number of fused-ring (bicyclic) bond motifs is 1. The van der Waals surface area contributed by atoms with E-state index in [0.29, 0.717) is 28.4 Å². The van der Waals surface area contributed by atoms with Gasteiger partial charge in [0.25, 0.3) is 5.91 Å². The molecule has 3 rings (SSSR count). The summed E-state index contributed by atoms with van der Waals surface area (Å²) in [5.74, 6) is -0.241. The van der Waals surface area contributed by atoms with Crippen LogP contribution in [0.3, 0.4) is 0 Å². The van der Waals surface area contributed by atoms with Crippen molar-refractivity contribution in [3.05, 3.63) is 59.4 Å². The Hall–Kier alpha value is -3.81. The van der Waals surface area contributed by atoms with Gasteiger partial charge in [0, 0.05) is 18.2 Å². The Morgan fingerprint density at radius 1 is 1.21 bits per heavy atom. The van der Waals surface area contributed by atoms with Crippen molar-refractivity contribution in [2.24, 2.45) is 0 Å². The van der Waals surface area contributed by atoms with E-state index in [9.17, 15) is 14.4 Å². The summed E-state index contributed by atoms with van der Waals surface area (Å²) in [6.07, 6.45) is 1.44. The van der Waals surface area contributed by atoms with Crippen LogP contribution in [-0.2, 0) is 9.59 Å². The van der Waals surface area contributed by atoms with Crippen molar-refractivity contribution in [2.45, 2.75) is 6.42 Å². The normalized spacial score (nSPS) is 13.6.